The summed E-state index contributed by atoms with van der Waals surface area (Å²) in [5.74, 6) is -0.384. The van der Waals surface area contributed by atoms with E-state index in [2.05, 4.69) is 9.97 Å². The molecule has 0 atom stereocenters. The monoisotopic (exact) mass is 220 g/mol. The van der Waals surface area contributed by atoms with Crippen LogP contribution >= 0.6 is 11.8 Å². The van der Waals surface area contributed by atoms with E-state index in [1.807, 2.05) is 31.2 Å². The predicted octanol–water partition coefficient (Wildman–Crippen LogP) is 3.08. The highest BCUT2D eigenvalue weighted by molar-refractivity contribution is 7.99. The van der Waals surface area contributed by atoms with Crippen molar-refractivity contribution in [3.05, 3.63) is 48.2 Å². The first-order chi connectivity index (χ1) is 7.27. The fraction of sp³-hybridized carbons (Fsp3) is 0.0909. The Morgan fingerprint density at radius 2 is 2.07 bits per heavy atom. The molecule has 1 heterocycles. The van der Waals surface area contributed by atoms with Crippen molar-refractivity contribution in [2.24, 2.45) is 0 Å². The third-order valence-electron chi connectivity index (χ3n) is 1.93. The Morgan fingerprint density at radius 3 is 2.80 bits per heavy atom. The van der Waals surface area contributed by atoms with Gasteiger partial charge in [-0.15, -0.1) is 0 Å². The van der Waals surface area contributed by atoms with Crippen molar-refractivity contribution in [3.8, 4) is 0 Å². The Labute approximate surface area is 91.6 Å². The van der Waals surface area contributed by atoms with Crippen LogP contribution in [0.25, 0.3) is 0 Å². The maximum absolute atomic E-state index is 13.3. The lowest BCUT2D eigenvalue weighted by atomic mass is 10.2. The van der Waals surface area contributed by atoms with Gasteiger partial charge in [-0.2, -0.15) is 0 Å². The lowest BCUT2D eigenvalue weighted by Gasteiger charge is -2.04. The summed E-state index contributed by atoms with van der Waals surface area (Å²) in [6.07, 6.45) is 2.53. The fourth-order valence-electron chi connectivity index (χ4n) is 1.15. The Hall–Kier alpha value is -1.42. The summed E-state index contributed by atoms with van der Waals surface area (Å²) in [5, 5.41) is 0.360. The molecule has 0 aliphatic carbocycles. The van der Waals surface area contributed by atoms with E-state index in [4.69, 9.17) is 0 Å². The van der Waals surface area contributed by atoms with Gasteiger partial charge >= 0.3 is 0 Å². The van der Waals surface area contributed by atoms with Gasteiger partial charge in [0, 0.05) is 4.90 Å². The van der Waals surface area contributed by atoms with E-state index in [-0.39, 0.29) is 5.82 Å². The Bertz CT molecular complexity index is 430. The van der Waals surface area contributed by atoms with Gasteiger partial charge in [0.25, 0.3) is 0 Å². The summed E-state index contributed by atoms with van der Waals surface area (Å²) < 4.78 is 13.3. The summed E-state index contributed by atoms with van der Waals surface area (Å²) >= 11 is 1.31. The molecule has 2 rings (SSSR count). The molecule has 0 saturated heterocycles. The summed E-state index contributed by atoms with van der Waals surface area (Å²) in [6.45, 7) is 1.99. The minimum atomic E-state index is -0.384. The van der Waals surface area contributed by atoms with E-state index >= 15 is 0 Å². The normalized spacial score (nSPS) is 10.3. The minimum absolute atomic E-state index is 0.360. The van der Waals surface area contributed by atoms with Crippen LogP contribution < -0.4 is 0 Å². The van der Waals surface area contributed by atoms with Gasteiger partial charge in [-0.3, -0.25) is 0 Å². The molecule has 0 aliphatic heterocycles. The zero-order valence-corrected chi connectivity index (χ0v) is 8.96. The van der Waals surface area contributed by atoms with E-state index in [0.717, 1.165) is 10.5 Å². The van der Waals surface area contributed by atoms with E-state index in [9.17, 15) is 4.39 Å². The van der Waals surface area contributed by atoms with Gasteiger partial charge in [0.1, 0.15) is 11.4 Å². The van der Waals surface area contributed by atoms with Gasteiger partial charge in [-0.05, 0) is 18.6 Å². The van der Waals surface area contributed by atoms with Crippen molar-refractivity contribution < 1.29 is 4.39 Å². The average molecular weight is 220 g/mol. The predicted molar refractivity (Wildman–Crippen MR) is 57.3 cm³/mol. The van der Waals surface area contributed by atoms with Crippen LogP contribution in [0.4, 0.5) is 4.39 Å². The van der Waals surface area contributed by atoms with Crippen LogP contribution in [-0.4, -0.2) is 9.97 Å². The van der Waals surface area contributed by atoms with E-state index < -0.39 is 0 Å². The quantitative estimate of drug-likeness (QED) is 0.727. The number of hydrogen-bond donors (Lipinski definition) is 0. The molecule has 0 fully saturated rings. The molecule has 76 valence electrons. The topological polar surface area (TPSA) is 25.8 Å². The number of benzene rings is 1. The maximum Gasteiger partial charge on any atom is 0.174 e. The molecule has 4 heteroatoms. The molecular weight excluding hydrogens is 211 g/mol. The lowest BCUT2D eigenvalue weighted by molar-refractivity contribution is 0.579. The van der Waals surface area contributed by atoms with Crippen molar-refractivity contribution >= 4 is 11.8 Å². The van der Waals surface area contributed by atoms with Gasteiger partial charge in [0.2, 0.25) is 0 Å². The summed E-state index contributed by atoms with van der Waals surface area (Å²) in [6, 6.07) is 7.81. The Kier molecular flexibility index (Phi) is 2.97. The largest absolute Gasteiger partial charge is 0.242 e. The highest BCUT2D eigenvalue weighted by Crippen LogP contribution is 2.29. The second kappa shape index (κ2) is 4.40. The minimum Gasteiger partial charge on any atom is -0.242 e. The molecular formula is C11H9FN2S. The SMILES string of the molecule is Cc1ccccc1Sc1ncncc1F. The van der Waals surface area contributed by atoms with Gasteiger partial charge in [-0.25, -0.2) is 14.4 Å². The highest BCUT2D eigenvalue weighted by atomic mass is 32.2. The Balaban J connectivity index is 2.30. The standard InChI is InChI=1S/C11H9FN2S/c1-8-4-2-3-5-10(8)15-11-9(12)6-13-7-14-11/h2-7H,1H3. The Morgan fingerprint density at radius 1 is 1.27 bits per heavy atom. The summed E-state index contributed by atoms with van der Waals surface area (Å²) in [5.41, 5.74) is 1.11. The van der Waals surface area contributed by atoms with E-state index in [1.54, 1.807) is 0 Å². The summed E-state index contributed by atoms with van der Waals surface area (Å²) in [4.78, 5) is 8.51. The molecule has 0 amide bonds. The van der Waals surface area contributed by atoms with Crippen molar-refractivity contribution in [1.29, 1.82) is 0 Å². The third-order valence-corrected chi connectivity index (χ3v) is 3.11. The second-order valence-electron chi connectivity index (χ2n) is 3.04. The molecule has 0 spiro atoms. The molecule has 2 aromatic rings. The summed E-state index contributed by atoms with van der Waals surface area (Å²) in [7, 11) is 0. The van der Waals surface area contributed by atoms with Crippen LogP contribution in [0.2, 0.25) is 0 Å². The van der Waals surface area contributed by atoms with Crippen LogP contribution in [0.1, 0.15) is 5.56 Å². The van der Waals surface area contributed by atoms with Crippen molar-refractivity contribution in [2.45, 2.75) is 16.8 Å². The number of halogens is 1. The number of hydrogen-bond acceptors (Lipinski definition) is 3. The second-order valence-corrected chi connectivity index (χ2v) is 4.07. The molecule has 0 unspecified atom stereocenters. The van der Waals surface area contributed by atoms with Crippen molar-refractivity contribution in [1.82, 2.24) is 9.97 Å². The van der Waals surface area contributed by atoms with Gasteiger partial charge < -0.3 is 0 Å². The van der Waals surface area contributed by atoms with Crippen LogP contribution in [0.3, 0.4) is 0 Å². The molecule has 0 N–H and O–H groups in total. The first-order valence-corrected chi connectivity index (χ1v) is 5.28. The van der Waals surface area contributed by atoms with E-state index in [1.165, 1.54) is 24.3 Å². The zero-order valence-electron chi connectivity index (χ0n) is 8.14. The number of nitrogens with zero attached hydrogens (tertiary/aromatic N) is 2. The molecule has 2 nitrogen and oxygen atoms in total. The molecule has 0 bridgehead atoms. The molecule has 0 aliphatic rings. The van der Waals surface area contributed by atoms with Crippen LogP contribution in [0.15, 0.2) is 46.7 Å². The number of rotatable bonds is 2. The first kappa shape index (κ1) is 10.1. The van der Waals surface area contributed by atoms with Crippen molar-refractivity contribution in [3.63, 3.8) is 0 Å². The molecule has 1 aromatic heterocycles. The van der Waals surface area contributed by atoms with Gasteiger partial charge in [0.05, 0.1) is 6.20 Å². The van der Waals surface area contributed by atoms with Crippen LogP contribution in [0, 0.1) is 12.7 Å². The van der Waals surface area contributed by atoms with Gasteiger partial charge in [-0.1, -0.05) is 30.0 Å². The number of aryl methyl sites for hydroxylation is 1. The molecule has 0 saturated carbocycles. The third kappa shape index (κ3) is 2.33. The lowest BCUT2D eigenvalue weighted by Crippen LogP contribution is -1.88. The highest BCUT2D eigenvalue weighted by Gasteiger charge is 2.06. The fourth-order valence-corrected chi connectivity index (χ4v) is 1.99. The zero-order chi connectivity index (χ0) is 10.7. The smallest absolute Gasteiger partial charge is 0.174 e. The average Bonchev–Trinajstić information content (AvgIpc) is 2.24. The molecule has 15 heavy (non-hydrogen) atoms. The van der Waals surface area contributed by atoms with Crippen LogP contribution in [-0.2, 0) is 0 Å². The first-order valence-electron chi connectivity index (χ1n) is 4.46. The van der Waals surface area contributed by atoms with Gasteiger partial charge in [0.15, 0.2) is 5.82 Å². The van der Waals surface area contributed by atoms with Crippen LogP contribution in [0.5, 0.6) is 0 Å². The molecule has 0 radical (unpaired) electrons. The maximum atomic E-state index is 13.3. The van der Waals surface area contributed by atoms with E-state index in [0.29, 0.717) is 5.03 Å². The number of aromatic nitrogens is 2. The van der Waals surface area contributed by atoms with Crippen molar-refractivity contribution in [2.75, 3.05) is 0 Å². The molecule has 1 aromatic carbocycles.